The Balaban J connectivity index is 1.87. The van der Waals surface area contributed by atoms with E-state index in [1.807, 2.05) is 5.38 Å². The van der Waals surface area contributed by atoms with Crippen molar-refractivity contribution in [3.63, 3.8) is 0 Å². The van der Waals surface area contributed by atoms with Crippen molar-refractivity contribution >= 4 is 22.4 Å². The highest BCUT2D eigenvalue weighted by atomic mass is 32.1. The summed E-state index contributed by atoms with van der Waals surface area (Å²) in [5, 5.41) is 15.1. The normalized spacial score (nSPS) is 27.2. The van der Waals surface area contributed by atoms with E-state index in [-0.39, 0.29) is 6.42 Å². The molecule has 106 valence electrons. The molecular weight excluding hydrogens is 260 g/mol. The summed E-state index contributed by atoms with van der Waals surface area (Å²) in [5.41, 5.74) is 0.881. The van der Waals surface area contributed by atoms with Gasteiger partial charge in [-0.3, -0.25) is 4.79 Å². The van der Waals surface area contributed by atoms with Crippen molar-refractivity contribution < 1.29 is 9.90 Å². The van der Waals surface area contributed by atoms with E-state index in [2.05, 4.69) is 24.1 Å². The minimum Gasteiger partial charge on any atom is -0.481 e. The Morgan fingerprint density at radius 2 is 2.32 bits per heavy atom. The van der Waals surface area contributed by atoms with Crippen LogP contribution in [-0.2, 0) is 11.2 Å². The number of carboxylic acids is 1. The lowest BCUT2D eigenvalue weighted by molar-refractivity contribution is -0.136. The number of carboxylic acid groups (broad SMARTS) is 1. The number of anilines is 1. The molecule has 5 heteroatoms. The van der Waals surface area contributed by atoms with Gasteiger partial charge < -0.3 is 10.4 Å². The molecule has 0 aromatic carbocycles. The van der Waals surface area contributed by atoms with Crippen LogP contribution in [0.4, 0.5) is 5.13 Å². The van der Waals surface area contributed by atoms with Gasteiger partial charge in [0.25, 0.3) is 0 Å². The summed E-state index contributed by atoms with van der Waals surface area (Å²) in [5.74, 6) is 0.739. The van der Waals surface area contributed by atoms with Crippen LogP contribution in [0.5, 0.6) is 0 Å². The Bertz CT molecular complexity index is 433. The van der Waals surface area contributed by atoms with Crippen LogP contribution in [0.25, 0.3) is 0 Å². The van der Waals surface area contributed by atoms with E-state index in [4.69, 9.17) is 5.11 Å². The number of aryl methyl sites for hydroxylation is 1. The van der Waals surface area contributed by atoms with E-state index in [0.29, 0.717) is 18.4 Å². The highest BCUT2D eigenvalue weighted by Gasteiger charge is 2.25. The summed E-state index contributed by atoms with van der Waals surface area (Å²) >= 11 is 1.58. The first-order valence-electron chi connectivity index (χ1n) is 6.97. The molecule has 1 aliphatic carbocycles. The van der Waals surface area contributed by atoms with Gasteiger partial charge >= 0.3 is 5.97 Å². The number of hydrogen-bond donors (Lipinski definition) is 2. The molecule has 1 saturated carbocycles. The largest absolute Gasteiger partial charge is 0.481 e. The van der Waals surface area contributed by atoms with Crippen molar-refractivity contribution in [3.8, 4) is 0 Å². The summed E-state index contributed by atoms with van der Waals surface area (Å²) in [6.07, 6.45) is 4.42. The average molecular weight is 282 g/mol. The Labute approximate surface area is 118 Å². The Morgan fingerprint density at radius 1 is 1.53 bits per heavy atom. The highest BCUT2D eigenvalue weighted by molar-refractivity contribution is 7.13. The lowest BCUT2D eigenvalue weighted by atomic mass is 9.80. The van der Waals surface area contributed by atoms with Crippen molar-refractivity contribution in [2.75, 3.05) is 5.32 Å². The fraction of sp³-hybridized carbons (Fsp3) is 0.714. The van der Waals surface area contributed by atoms with Crippen LogP contribution in [0.2, 0.25) is 0 Å². The van der Waals surface area contributed by atoms with E-state index < -0.39 is 5.97 Å². The van der Waals surface area contributed by atoms with Crippen molar-refractivity contribution in [1.82, 2.24) is 4.98 Å². The second-order valence-electron chi connectivity index (χ2n) is 5.68. The number of aromatic nitrogens is 1. The van der Waals surface area contributed by atoms with Crippen LogP contribution < -0.4 is 5.32 Å². The Morgan fingerprint density at radius 3 is 3.00 bits per heavy atom. The third-order valence-corrected chi connectivity index (χ3v) is 4.71. The van der Waals surface area contributed by atoms with E-state index >= 15 is 0 Å². The third-order valence-electron chi connectivity index (χ3n) is 3.89. The summed E-state index contributed by atoms with van der Waals surface area (Å²) in [6, 6.07) is 0.509. The monoisotopic (exact) mass is 282 g/mol. The van der Waals surface area contributed by atoms with Crippen LogP contribution in [0.3, 0.4) is 0 Å². The lowest BCUT2D eigenvalue weighted by Gasteiger charge is -2.33. The van der Waals surface area contributed by atoms with Crippen LogP contribution in [0, 0.1) is 11.8 Å². The number of thiazole rings is 1. The molecule has 2 N–H and O–H groups in total. The fourth-order valence-corrected chi connectivity index (χ4v) is 3.57. The minimum absolute atomic E-state index is 0.153. The minimum atomic E-state index is -0.766. The molecule has 0 saturated heterocycles. The molecule has 1 fully saturated rings. The molecule has 0 radical (unpaired) electrons. The Kier molecular flexibility index (Phi) is 4.80. The van der Waals surface area contributed by atoms with E-state index in [9.17, 15) is 4.79 Å². The molecule has 1 aliphatic rings. The first kappa shape index (κ1) is 14.3. The lowest BCUT2D eigenvalue weighted by Crippen LogP contribution is -2.32. The summed E-state index contributed by atoms with van der Waals surface area (Å²) < 4.78 is 0. The predicted octanol–water partition coefficient (Wildman–Crippen LogP) is 3.40. The standard InChI is InChI=1S/C14H22N2O2S/c1-9-3-5-12(10(2)7-9)16-14-15-11(8-19-14)4-6-13(17)18/h8-10,12H,3-7H2,1-2H3,(H,15,16)(H,17,18). The molecule has 0 spiro atoms. The molecule has 0 aliphatic heterocycles. The van der Waals surface area contributed by atoms with E-state index in [0.717, 1.165) is 16.7 Å². The fourth-order valence-electron chi connectivity index (χ4n) is 2.76. The highest BCUT2D eigenvalue weighted by Crippen LogP contribution is 2.31. The van der Waals surface area contributed by atoms with Gasteiger partial charge in [-0.1, -0.05) is 13.8 Å². The number of hydrogen-bond acceptors (Lipinski definition) is 4. The van der Waals surface area contributed by atoms with Crippen molar-refractivity contribution in [3.05, 3.63) is 11.1 Å². The smallest absolute Gasteiger partial charge is 0.303 e. The topological polar surface area (TPSA) is 62.2 Å². The predicted molar refractivity (Wildman–Crippen MR) is 77.7 cm³/mol. The molecule has 4 nitrogen and oxygen atoms in total. The number of aliphatic carboxylic acids is 1. The second-order valence-corrected chi connectivity index (χ2v) is 6.54. The van der Waals surface area contributed by atoms with Gasteiger partial charge in [0.1, 0.15) is 0 Å². The van der Waals surface area contributed by atoms with Gasteiger partial charge in [0.2, 0.25) is 0 Å². The van der Waals surface area contributed by atoms with Gasteiger partial charge in [0.05, 0.1) is 12.1 Å². The second kappa shape index (κ2) is 6.37. The van der Waals surface area contributed by atoms with Crippen molar-refractivity contribution in [1.29, 1.82) is 0 Å². The number of nitrogens with zero attached hydrogens (tertiary/aromatic N) is 1. The van der Waals surface area contributed by atoms with Gasteiger partial charge in [-0.15, -0.1) is 11.3 Å². The first-order valence-corrected chi connectivity index (χ1v) is 7.85. The van der Waals surface area contributed by atoms with Gasteiger partial charge in [-0.25, -0.2) is 4.98 Å². The van der Waals surface area contributed by atoms with Crippen molar-refractivity contribution in [2.45, 2.75) is 52.0 Å². The van der Waals surface area contributed by atoms with E-state index in [1.54, 1.807) is 11.3 Å². The zero-order valence-corrected chi connectivity index (χ0v) is 12.4. The maximum atomic E-state index is 10.5. The van der Waals surface area contributed by atoms with Gasteiger partial charge in [0.15, 0.2) is 5.13 Å². The molecule has 1 heterocycles. The maximum absolute atomic E-state index is 10.5. The molecule has 3 atom stereocenters. The molecule has 0 bridgehead atoms. The van der Waals surface area contributed by atoms with Gasteiger partial charge in [0, 0.05) is 17.8 Å². The van der Waals surface area contributed by atoms with E-state index in [1.165, 1.54) is 19.3 Å². The Hall–Kier alpha value is -1.10. The summed E-state index contributed by atoms with van der Waals surface area (Å²) in [4.78, 5) is 15.0. The molecule has 0 amide bonds. The van der Waals surface area contributed by atoms with Gasteiger partial charge in [-0.2, -0.15) is 0 Å². The molecule has 1 aromatic heterocycles. The quantitative estimate of drug-likeness (QED) is 0.869. The molecule has 3 unspecified atom stereocenters. The third kappa shape index (κ3) is 4.20. The number of carbonyl (C=O) groups is 1. The van der Waals surface area contributed by atoms with Crippen LogP contribution in [0.15, 0.2) is 5.38 Å². The number of rotatable bonds is 5. The summed E-state index contributed by atoms with van der Waals surface area (Å²) in [7, 11) is 0. The van der Waals surface area contributed by atoms with Crippen LogP contribution in [0.1, 0.15) is 45.2 Å². The SMILES string of the molecule is CC1CCC(Nc2nc(CCC(=O)O)cs2)C(C)C1. The molecule has 1 aromatic rings. The number of nitrogens with one attached hydrogen (secondary N) is 1. The van der Waals surface area contributed by atoms with Crippen LogP contribution >= 0.6 is 11.3 Å². The summed E-state index contributed by atoms with van der Waals surface area (Å²) in [6.45, 7) is 4.62. The molecule has 19 heavy (non-hydrogen) atoms. The van der Waals surface area contributed by atoms with Crippen molar-refractivity contribution in [2.24, 2.45) is 11.8 Å². The average Bonchev–Trinajstić information content (AvgIpc) is 2.78. The zero-order chi connectivity index (χ0) is 13.8. The van der Waals surface area contributed by atoms with Gasteiger partial charge in [-0.05, 0) is 31.1 Å². The van der Waals surface area contributed by atoms with Crippen LogP contribution in [-0.4, -0.2) is 22.1 Å². The molecular formula is C14H22N2O2S. The maximum Gasteiger partial charge on any atom is 0.303 e. The zero-order valence-electron chi connectivity index (χ0n) is 11.6. The molecule has 2 rings (SSSR count). The first-order chi connectivity index (χ1) is 9.04.